The fraction of sp³-hybridized carbons (Fsp3) is 0.417. The summed E-state index contributed by atoms with van der Waals surface area (Å²) in [6.07, 6.45) is 2.04. The van der Waals surface area contributed by atoms with E-state index in [1.54, 1.807) is 18.2 Å². The van der Waals surface area contributed by atoms with Crippen LogP contribution in [0.2, 0.25) is 10.0 Å². The summed E-state index contributed by atoms with van der Waals surface area (Å²) in [4.78, 5) is 13.3. The molecule has 0 radical (unpaired) electrons. The summed E-state index contributed by atoms with van der Waals surface area (Å²) >= 11 is 12.1. The number of likely N-dealkylation sites (tertiary alicyclic amines) is 1. The van der Waals surface area contributed by atoms with Gasteiger partial charge < -0.3 is 5.11 Å². The minimum absolute atomic E-state index is 0.414. The first-order valence-electron chi connectivity index (χ1n) is 5.52. The standard InChI is InChI=1S/C12H13Cl2NO2/c13-8-4-3-5-9(14)10(8)11(12(16)17)15-6-1-2-7-15/h3-5,11H,1-2,6-7H2,(H,16,17). The van der Waals surface area contributed by atoms with Gasteiger partial charge in [-0.05, 0) is 38.1 Å². The summed E-state index contributed by atoms with van der Waals surface area (Å²) in [5.74, 6) is -0.901. The van der Waals surface area contributed by atoms with Crippen LogP contribution in [0.3, 0.4) is 0 Å². The first-order chi connectivity index (χ1) is 8.11. The van der Waals surface area contributed by atoms with Crippen molar-refractivity contribution in [1.29, 1.82) is 0 Å². The van der Waals surface area contributed by atoms with Crippen molar-refractivity contribution in [2.24, 2.45) is 0 Å². The highest BCUT2D eigenvalue weighted by atomic mass is 35.5. The molecule has 1 N–H and O–H groups in total. The maximum atomic E-state index is 11.4. The first-order valence-corrected chi connectivity index (χ1v) is 6.27. The van der Waals surface area contributed by atoms with Crippen molar-refractivity contribution in [2.75, 3.05) is 13.1 Å². The predicted octanol–water partition coefficient (Wildman–Crippen LogP) is 3.21. The van der Waals surface area contributed by atoms with E-state index in [2.05, 4.69) is 0 Å². The van der Waals surface area contributed by atoms with E-state index in [1.165, 1.54) is 0 Å². The van der Waals surface area contributed by atoms with Crippen LogP contribution < -0.4 is 0 Å². The average Bonchev–Trinajstić information content (AvgIpc) is 2.76. The van der Waals surface area contributed by atoms with Gasteiger partial charge in [-0.3, -0.25) is 9.69 Å². The summed E-state index contributed by atoms with van der Waals surface area (Å²) in [5, 5.41) is 10.2. The molecule has 1 heterocycles. The molecule has 0 aliphatic carbocycles. The number of hydrogen-bond acceptors (Lipinski definition) is 2. The third-order valence-corrected chi connectivity index (χ3v) is 3.67. The molecule has 1 fully saturated rings. The predicted molar refractivity (Wildman–Crippen MR) is 67.6 cm³/mol. The molecule has 1 aromatic carbocycles. The molecule has 1 aromatic rings. The number of hydrogen-bond donors (Lipinski definition) is 1. The van der Waals surface area contributed by atoms with Crippen LogP contribution in [0.1, 0.15) is 24.4 Å². The van der Waals surface area contributed by atoms with Crippen LogP contribution >= 0.6 is 23.2 Å². The number of benzene rings is 1. The maximum Gasteiger partial charge on any atom is 0.325 e. The summed E-state index contributed by atoms with van der Waals surface area (Å²) in [6, 6.07) is 4.33. The Labute approximate surface area is 110 Å². The van der Waals surface area contributed by atoms with Crippen molar-refractivity contribution in [3.05, 3.63) is 33.8 Å². The lowest BCUT2D eigenvalue weighted by Crippen LogP contribution is -2.32. The van der Waals surface area contributed by atoms with Crippen LogP contribution in [0.5, 0.6) is 0 Å². The van der Waals surface area contributed by atoms with Crippen LogP contribution in [0.15, 0.2) is 18.2 Å². The third-order valence-electron chi connectivity index (χ3n) is 3.01. The topological polar surface area (TPSA) is 40.5 Å². The molecule has 3 nitrogen and oxygen atoms in total. The lowest BCUT2D eigenvalue weighted by molar-refractivity contribution is -0.143. The fourth-order valence-corrected chi connectivity index (χ4v) is 2.84. The lowest BCUT2D eigenvalue weighted by atomic mass is 10.1. The van der Waals surface area contributed by atoms with Crippen LogP contribution in [0, 0.1) is 0 Å². The number of halogens is 2. The van der Waals surface area contributed by atoms with E-state index in [0.717, 1.165) is 25.9 Å². The Hall–Kier alpha value is -0.770. The van der Waals surface area contributed by atoms with E-state index in [9.17, 15) is 9.90 Å². The minimum Gasteiger partial charge on any atom is -0.480 e. The third kappa shape index (κ3) is 2.57. The SMILES string of the molecule is O=C(O)C(c1c(Cl)cccc1Cl)N1CCCC1. The second kappa shape index (κ2) is 5.25. The smallest absolute Gasteiger partial charge is 0.325 e. The highest BCUT2D eigenvalue weighted by molar-refractivity contribution is 6.36. The molecule has 17 heavy (non-hydrogen) atoms. The van der Waals surface area contributed by atoms with Gasteiger partial charge in [0.25, 0.3) is 0 Å². The molecular weight excluding hydrogens is 261 g/mol. The second-order valence-corrected chi connectivity index (χ2v) is 4.93. The summed E-state index contributed by atoms with van der Waals surface area (Å²) in [5.41, 5.74) is 0.505. The number of nitrogens with zero attached hydrogens (tertiary/aromatic N) is 1. The Balaban J connectivity index is 2.42. The zero-order valence-corrected chi connectivity index (χ0v) is 10.7. The quantitative estimate of drug-likeness (QED) is 0.920. The van der Waals surface area contributed by atoms with Gasteiger partial charge in [0.05, 0.1) is 0 Å². The Bertz CT molecular complexity index is 410. The molecule has 0 spiro atoms. The molecule has 1 unspecified atom stereocenters. The van der Waals surface area contributed by atoms with Gasteiger partial charge in [0, 0.05) is 15.6 Å². The Morgan fingerprint density at radius 3 is 2.24 bits per heavy atom. The first kappa shape index (κ1) is 12.7. The summed E-state index contributed by atoms with van der Waals surface area (Å²) < 4.78 is 0. The number of carboxylic acid groups (broad SMARTS) is 1. The maximum absolute atomic E-state index is 11.4. The van der Waals surface area contributed by atoms with Crippen molar-refractivity contribution in [3.63, 3.8) is 0 Å². The van der Waals surface area contributed by atoms with Gasteiger partial charge >= 0.3 is 5.97 Å². The van der Waals surface area contributed by atoms with E-state index in [-0.39, 0.29) is 0 Å². The van der Waals surface area contributed by atoms with Crippen LogP contribution in [-0.2, 0) is 4.79 Å². The molecule has 5 heteroatoms. The van der Waals surface area contributed by atoms with Crippen molar-refractivity contribution in [3.8, 4) is 0 Å². The molecular formula is C12H13Cl2NO2. The van der Waals surface area contributed by atoms with E-state index in [4.69, 9.17) is 23.2 Å². The van der Waals surface area contributed by atoms with Crippen molar-refractivity contribution in [2.45, 2.75) is 18.9 Å². The van der Waals surface area contributed by atoms with Crippen molar-refractivity contribution in [1.82, 2.24) is 4.90 Å². The Morgan fingerprint density at radius 2 is 1.76 bits per heavy atom. The molecule has 0 bridgehead atoms. The molecule has 0 amide bonds. The largest absolute Gasteiger partial charge is 0.480 e. The zero-order valence-electron chi connectivity index (χ0n) is 9.20. The Kier molecular flexibility index (Phi) is 3.92. The lowest BCUT2D eigenvalue weighted by Gasteiger charge is -2.25. The van der Waals surface area contributed by atoms with E-state index < -0.39 is 12.0 Å². The van der Waals surface area contributed by atoms with Crippen LogP contribution in [0.25, 0.3) is 0 Å². The molecule has 1 atom stereocenters. The summed E-state index contributed by atoms with van der Waals surface area (Å²) in [7, 11) is 0. The molecule has 1 aliphatic heterocycles. The number of carbonyl (C=O) groups is 1. The summed E-state index contributed by atoms with van der Waals surface area (Å²) in [6.45, 7) is 1.55. The van der Waals surface area contributed by atoms with Gasteiger partial charge in [-0.2, -0.15) is 0 Å². The van der Waals surface area contributed by atoms with Gasteiger partial charge in [-0.25, -0.2) is 0 Å². The average molecular weight is 274 g/mol. The van der Waals surface area contributed by atoms with Crippen molar-refractivity contribution >= 4 is 29.2 Å². The Morgan fingerprint density at radius 1 is 1.24 bits per heavy atom. The molecule has 0 aromatic heterocycles. The highest BCUT2D eigenvalue weighted by Crippen LogP contribution is 2.35. The highest BCUT2D eigenvalue weighted by Gasteiger charge is 2.32. The van der Waals surface area contributed by atoms with E-state index in [0.29, 0.717) is 15.6 Å². The molecule has 1 saturated heterocycles. The molecule has 1 aliphatic rings. The molecule has 2 rings (SSSR count). The van der Waals surface area contributed by atoms with E-state index >= 15 is 0 Å². The van der Waals surface area contributed by atoms with E-state index in [1.807, 2.05) is 4.90 Å². The van der Waals surface area contributed by atoms with Crippen LogP contribution in [-0.4, -0.2) is 29.1 Å². The van der Waals surface area contributed by atoms with Crippen LogP contribution in [0.4, 0.5) is 0 Å². The minimum atomic E-state index is -0.901. The second-order valence-electron chi connectivity index (χ2n) is 4.12. The number of carboxylic acids is 1. The molecule has 0 saturated carbocycles. The number of rotatable bonds is 3. The number of aliphatic carboxylic acids is 1. The van der Waals surface area contributed by atoms with Gasteiger partial charge in [0.15, 0.2) is 0 Å². The van der Waals surface area contributed by atoms with Gasteiger partial charge in [-0.15, -0.1) is 0 Å². The monoisotopic (exact) mass is 273 g/mol. The zero-order chi connectivity index (χ0) is 12.4. The van der Waals surface area contributed by atoms with Crippen molar-refractivity contribution < 1.29 is 9.90 Å². The van der Waals surface area contributed by atoms with Gasteiger partial charge in [-0.1, -0.05) is 29.3 Å². The normalized spacial score (nSPS) is 18.2. The van der Waals surface area contributed by atoms with Gasteiger partial charge in [0.1, 0.15) is 6.04 Å². The fourth-order valence-electron chi connectivity index (χ4n) is 2.23. The molecule has 92 valence electrons. The van der Waals surface area contributed by atoms with Gasteiger partial charge in [0.2, 0.25) is 0 Å².